The van der Waals surface area contributed by atoms with Gasteiger partial charge in [0.25, 0.3) is 5.91 Å². The molecule has 7 bridgehead atoms. The van der Waals surface area contributed by atoms with Crippen LogP contribution in [-0.2, 0) is 37.3 Å². The van der Waals surface area contributed by atoms with E-state index in [-0.39, 0.29) is 29.7 Å². The number of ether oxygens (including phenoxy) is 2. The molecular formula is C35H38N4O5. The summed E-state index contributed by atoms with van der Waals surface area (Å²) in [4.78, 5) is 47.1. The third kappa shape index (κ3) is 5.42. The van der Waals surface area contributed by atoms with Gasteiger partial charge in [-0.1, -0.05) is 49.6 Å². The van der Waals surface area contributed by atoms with E-state index in [0.29, 0.717) is 63.6 Å². The van der Waals surface area contributed by atoms with Gasteiger partial charge in [0, 0.05) is 35.8 Å². The molecule has 2 N–H and O–H groups in total. The minimum atomic E-state index is -0.782. The molecule has 6 rings (SSSR count). The first-order valence-corrected chi connectivity index (χ1v) is 15.2. The summed E-state index contributed by atoms with van der Waals surface area (Å²) in [5, 5.41) is 5.99. The molecule has 2 aromatic rings. The van der Waals surface area contributed by atoms with E-state index >= 15 is 0 Å². The maximum absolute atomic E-state index is 13.7. The molecule has 44 heavy (non-hydrogen) atoms. The molecule has 4 heterocycles. The number of hydrogen-bond acceptors (Lipinski definition) is 6. The molecule has 3 amide bonds. The van der Waals surface area contributed by atoms with Gasteiger partial charge in [-0.15, -0.1) is 0 Å². The zero-order valence-electron chi connectivity index (χ0n) is 25.0. The molecule has 4 aliphatic rings. The number of fused-ring (bicyclic) bond motifs is 4. The Morgan fingerprint density at radius 2 is 1.91 bits per heavy atom. The summed E-state index contributed by atoms with van der Waals surface area (Å²) in [7, 11) is 0. The summed E-state index contributed by atoms with van der Waals surface area (Å²) in [6.45, 7) is 11.8. The number of allylic oxidation sites excluding steroid dienone is 3. The van der Waals surface area contributed by atoms with Crippen molar-refractivity contribution in [3.05, 3.63) is 101 Å². The predicted octanol–water partition coefficient (Wildman–Crippen LogP) is 3.76. The van der Waals surface area contributed by atoms with Crippen LogP contribution in [0.5, 0.6) is 0 Å². The number of nitrogens with one attached hydrogen (secondary N) is 2. The van der Waals surface area contributed by atoms with Gasteiger partial charge in [0.05, 0.1) is 31.8 Å². The van der Waals surface area contributed by atoms with Crippen molar-refractivity contribution in [2.75, 3.05) is 38.3 Å². The van der Waals surface area contributed by atoms with E-state index in [4.69, 9.17) is 9.47 Å². The molecule has 3 unspecified atom stereocenters. The highest BCUT2D eigenvalue weighted by Crippen LogP contribution is 2.47. The van der Waals surface area contributed by atoms with E-state index in [9.17, 15) is 14.4 Å². The zero-order chi connectivity index (χ0) is 30.8. The molecule has 1 saturated heterocycles. The summed E-state index contributed by atoms with van der Waals surface area (Å²) < 4.78 is 11.5. The number of aromatic nitrogens is 1. The van der Waals surface area contributed by atoms with E-state index in [1.807, 2.05) is 43.4 Å². The number of pyridine rings is 1. The molecule has 3 aliphatic heterocycles. The van der Waals surface area contributed by atoms with E-state index in [2.05, 4.69) is 28.8 Å². The van der Waals surface area contributed by atoms with Crippen molar-refractivity contribution in [2.45, 2.75) is 43.7 Å². The Bertz CT molecular complexity index is 1580. The number of rotatable bonds is 3. The maximum Gasteiger partial charge on any atom is 0.251 e. The van der Waals surface area contributed by atoms with Crippen molar-refractivity contribution < 1.29 is 23.9 Å². The zero-order valence-corrected chi connectivity index (χ0v) is 25.0. The van der Waals surface area contributed by atoms with Crippen LogP contribution < -0.4 is 10.6 Å². The lowest BCUT2D eigenvalue weighted by Crippen LogP contribution is -2.59. The number of carbonyl (C=O) groups excluding carboxylic acids is 3. The SMILES string of the molecule is C=C/C=C(\C=C)C1CC2NC(=O)c3ccc4c(c3)C[C@@]3(C4)C(=O)Nc4ncc(cc43)/C=C/COCCOCCN(C2=O)C1C. The quantitative estimate of drug-likeness (QED) is 0.524. The Labute approximate surface area is 257 Å². The van der Waals surface area contributed by atoms with Crippen LogP contribution in [0, 0.1) is 5.92 Å². The van der Waals surface area contributed by atoms with Crippen LogP contribution in [0.15, 0.2) is 73.5 Å². The number of nitrogens with zero attached hydrogens (tertiary/aromatic N) is 2. The Hall–Kier alpha value is -4.34. The largest absolute Gasteiger partial charge is 0.377 e. The molecular weight excluding hydrogens is 556 g/mol. The van der Waals surface area contributed by atoms with Crippen LogP contribution in [0.4, 0.5) is 5.82 Å². The molecule has 1 spiro atoms. The average molecular weight is 595 g/mol. The molecule has 0 saturated carbocycles. The summed E-state index contributed by atoms with van der Waals surface area (Å²) in [6.07, 6.45) is 12.4. The monoisotopic (exact) mass is 594 g/mol. The standard InChI is InChI=1S/C35H38N4O5/c1-4-7-24(5-2)28-18-30-33(41)39(22(28)3)11-13-44-15-14-43-12-6-8-23-16-29-31(36-21-23)38-34(42)35(29)19-26-10-9-25(32(40)37-30)17-27(26)20-35/h4-10,16-17,21-22,28,30H,1-2,11-15,18-20H2,3H3,(H,37,40)(H,36,38,42)/b8-6+,24-7+/t22?,28?,30?,35-/m1/s1. The second kappa shape index (κ2) is 12.3. The van der Waals surface area contributed by atoms with Crippen molar-refractivity contribution in [3.8, 4) is 0 Å². The third-order valence-corrected chi connectivity index (χ3v) is 9.34. The first-order chi connectivity index (χ1) is 21.3. The van der Waals surface area contributed by atoms with Gasteiger partial charge in [-0.25, -0.2) is 4.98 Å². The molecule has 9 heteroatoms. The van der Waals surface area contributed by atoms with E-state index in [0.717, 1.165) is 27.8 Å². The fourth-order valence-corrected chi connectivity index (χ4v) is 7.01. The van der Waals surface area contributed by atoms with Crippen molar-refractivity contribution >= 4 is 29.6 Å². The minimum absolute atomic E-state index is 0.0477. The third-order valence-electron chi connectivity index (χ3n) is 9.34. The summed E-state index contributed by atoms with van der Waals surface area (Å²) in [5.74, 6) is -0.0180. The van der Waals surface area contributed by atoms with Crippen LogP contribution in [0.3, 0.4) is 0 Å². The number of hydrogen-bond donors (Lipinski definition) is 2. The Kier molecular flexibility index (Phi) is 8.33. The number of benzene rings is 1. The molecule has 0 radical (unpaired) electrons. The average Bonchev–Trinajstić information content (AvgIpc) is 3.53. The Balaban J connectivity index is 1.33. The van der Waals surface area contributed by atoms with Crippen LogP contribution in [0.2, 0.25) is 0 Å². The van der Waals surface area contributed by atoms with Crippen LogP contribution in [0.1, 0.15) is 46.0 Å². The Morgan fingerprint density at radius 3 is 2.73 bits per heavy atom. The first kappa shape index (κ1) is 29.7. The fraction of sp³-hybridized carbons (Fsp3) is 0.371. The molecule has 1 aliphatic carbocycles. The van der Waals surface area contributed by atoms with Gasteiger partial charge in [0.15, 0.2) is 0 Å². The topological polar surface area (TPSA) is 110 Å². The van der Waals surface area contributed by atoms with Crippen LogP contribution >= 0.6 is 0 Å². The van der Waals surface area contributed by atoms with Gasteiger partial charge in [-0.3, -0.25) is 14.4 Å². The molecule has 1 aromatic heterocycles. The summed E-state index contributed by atoms with van der Waals surface area (Å²) in [6, 6.07) is 6.73. The highest BCUT2D eigenvalue weighted by atomic mass is 16.5. The number of piperidine rings is 1. The highest BCUT2D eigenvalue weighted by Gasteiger charge is 2.51. The first-order valence-electron chi connectivity index (χ1n) is 15.2. The lowest BCUT2D eigenvalue weighted by atomic mass is 9.79. The highest BCUT2D eigenvalue weighted by molar-refractivity contribution is 6.06. The summed E-state index contributed by atoms with van der Waals surface area (Å²) in [5.41, 5.74) is 4.36. The molecule has 4 atom stereocenters. The second-order valence-corrected chi connectivity index (χ2v) is 11.9. The fourth-order valence-electron chi connectivity index (χ4n) is 7.01. The van der Waals surface area contributed by atoms with Crippen LogP contribution in [0.25, 0.3) is 6.08 Å². The minimum Gasteiger partial charge on any atom is -0.377 e. The van der Waals surface area contributed by atoms with Gasteiger partial charge >= 0.3 is 0 Å². The normalized spacial score (nSPS) is 28.0. The number of amides is 3. The van der Waals surface area contributed by atoms with Crippen LogP contribution in [-0.4, -0.2) is 72.7 Å². The van der Waals surface area contributed by atoms with Crippen molar-refractivity contribution in [2.24, 2.45) is 5.92 Å². The number of carbonyl (C=O) groups is 3. The lowest BCUT2D eigenvalue weighted by molar-refractivity contribution is -0.141. The molecule has 1 aromatic carbocycles. The molecule has 1 fully saturated rings. The lowest BCUT2D eigenvalue weighted by Gasteiger charge is -2.43. The van der Waals surface area contributed by atoms with Gasteiger partial charge in [0.1, 0.15) is 11.9 Å². The smallest absolute Gasteiger partial charge is 0.251 e. The van der Waals surface area contributed by atoms with Gasteiger partial charge in [-0.05, 0) is 66.6 Å². The molecule has 9 nitrogen and oxygen atoms in total. The van der Waals surface area contributed by atoms with E-state index in [1.54, 1.807) is 29.3 Å². The summed E-state index contributed by atoms with van der Waals surface area (Å²) >= 11 is 0. The van der Waals surface area contributed by atoms with Crippen molar-refractivity contribution in [3.63, 3.8) is 0 Å². The maximum atomic E-state index is 13.7. The van der Waals surface area contributed by atoms with Crippen molar-refractivity contribution in [1.82, 2.24) is 15.2 Å². The van der Waals surface area contributed by atoms with Gasteiger partial charge in [-0.2, -0.15) is 0 Å². The number of anilines is 1. The van der Waals surface area contributed by atoms with E-state index < -0.39 is 11.5 Å². The van der Waals surface area contributed by atoms with Gasteiger partial charge < -0.3 is 25.0 Å². The van der Waals surface area contributed by atoms with Gasteiger partial charge in [0.2, 0.25) is 11.8 Å². The molecule has 228 valence electrons. The Morgan fingerprint density at radius 1 is 1.09 bits per heavy atom. The second-order valence-electron chi connectivity index (χ2n) is 11.9. The van der Waals surface area contributed by atoms with E-state index in [1.165, 1.54) is 0 Å². The van der Waals surface area contributed by atoms with Crippen molar-refractivity contribution in [1.29, 1.82) is 0 Å². The predicted molar refractivity (Wildman–Crippen MR) is 168 cm³/mol.